The predicted molar refractivity (Wildman–Crippen MR) is 343 cm³/mol. The number of hydrogen-bond donors (Lipinski definition) is 0. The Balaban J connectivity index is 4.38. The average Bonchev–Trinajstić information content (AvgIpc) is 3.45. The van der Waals surface area contributed by atoms with E-state index >= 15 is 0 Å². The monoisotopic (exact) mass is 1100 g/mol. The maximum atomic E-state index is 12.9. The third-order valence-electron chi connectivity index (χ3n) is 14.2. The quantitative estimate of drug-likeness (QED) is 0.0261. The maximum absolute atomic E-state index is 12.9. The number of esters is 3. The molecule has 1 unspecified atom stereocenters. The number of unbranched alkanes of at least 4 members (excludes halogenated alkanes) is 31. The summed E-state index contributed by atoms with van der Waals surface area (Å²) >= 11 is 0. The van der Waals surface area contributed by atoms with Gasteiger partial charge in [-0.25, -0.2) is 0 Å². The van der Waals surface area contributed by atoms with Crippen LogP contribution in [0.2, 0.25) is 0 Å². The highest BCUT2D eigenvalue weighted by atomic mass is 16.6. The van der Waals surface area contributed by atoms with Crippen molar-refractivity contribution >= 4 is 17.9 Å². The predicted octanol–water partition coefficient (Wildman–Crippen LogP) is 23.0. The molecular weight excluding hydrogens is 973 g/mol. The molecule has 6 heteroatoms. The van der Waals surface area contributed by atoms with Gasteiger partial charge in [-0.3, -0.25) is 14.4 Å². The summed E-state index contributed by atoms with van der Waals surface area (Å²) in [6.45, 7) is 6.41. The molecule has 0 heterocycles. The molecule has 0 aliphatic carbocycles. The lowest BCUT2D eigenvalue weighted by atomic mass is 10.0. The first-order chi connectivity index (χ1) is 39.0. The Morgan fingerprint density at radius 1 is 0.266 bits per heavy atom. The Kier molecular flexibility index (Phi) is 63.3. The normalized spacial score (nSPS) is 12.8. The SMILES string of the molecule is CC/C=C\C/C=C\C/C=C\C/C=C\CCCCCCCCC(=O)OC(COC(=O)CCCCCC/C=C\C/C=C\C/C=C\C/C=C\CC)COC(=O)CCCCCCCCCCCCCCC/C=C\CCCCCCCCCC. The van der Waals surface area contributed by atoms with Gasteiger partial charge in [-0.15, -0.1) is 0 Å². The number of ether oxygens (including phenoxy) is 3. The Labute approximate surface area is 489 Å². The van der Waals surface area contributed by atoms with Crippen LogP contribution < -0.4 is 0 Å². The lowest BCUT2D eigenvalue weighted by Crippen LogP contribution is -2.30. The van der Waals surface area contributed by atoms with E-state index in [2.05, 4.69) is 130 Å². The molecule has 0 fully saturated rings. The molecule has 0 amide bonds. The van der Waals surface area contributed by atoms with Crippen molar-refractivity contribution in [2.75, 3.05) is 13.2 Å². The number of carbonyl (C=O) groups is 3. The van der Waals surface area contributed by atoms with E-state index in [4.69, 9.17) is 14.2 Å². The van der Waals surface area contributed by atoms with E-state index in [1.807, 2.05) is 0 Å². The van der Waals surface area contributed by atoms with E-state index in [-0.39, 0.29) is 31.1 Å². The molecular formula is C73H124O6. The maximum Gasteiger partial charge on any atom is 0.306 e. The van der Waals surface area contributed by atoms with Crippen molar-refractivity contribution in [3.63, 3.8) is 0 Å². The van der Waals surface area contributed by atoms with Crippen LogP contribution in [0.1, 0.15) is 316 Å². The second kappa shape index (κ2) is 66.6. The van der Waals surface area contributed by atoms with Gasteiger partial charge in [0.25, 0.3) is 0 Å². The third kappa shape index (κ3) is 64.8. The highest BCUT2D eigenvalue weighted by Crippen LogP contribution is 2.16. The van der Waals surface area contributed by atoms with Crippen molar-refractivity contribution in [1.82, 2.24) is 0 Å². The second-order valence-corrected chi connectivity index (χ2v) is 22.0. The molecule has 452 valence electrons. The zero-order valence-electron chi connectivity index (χ0n) is 51.9. The van der Waals surface area contributed by atoms with Gasteiger partial charge >= 0.3 is 17.9 Å². The van der Waals surface area contributed by atoms with Gasteiger partial charge in [0, 0.05) is 19.3 Å². The molecule has 0 saturated carbocycles. The number of hydrogen-bond acceptors (Lipinski definition) is 6. The van der Waals surface area contributed by atoms with Crippen LogP contribution >= 0.6 is 0 Å². The summed E-state index contributed by atoms with van der Waals surface area (Å²) in [4.78, 5) is 38.4. The van der Waals surface area contributed by atoms with E-state index in [9.17, 15) is 14.4 Å². The summed E-state index contributed by atoms with van der Waals surface area (Å²) in [5.41, 5.74) is 0. The summed E-state index contributed by atoms with van der Waals surface area (Å²) in [7, 11) is 0. The molecule has 0 bridgehead atoms. The molecule has 0 aliphatic heterocycles. The van der Waals surface area contributed by atoms with Gasteiger partial charge < -0.3 is 14.2 Å². The summed E-state index contributed by atoms with van der Waals surface area (Å²) in [6, 6.07) is 0. The average molecular weight is 1100 g/mol. The largest absolute Gasteiger partial charge is 0.462 e. The van der Waals surface area contributed by atoms with E-state index in [1.54, 1.807) is 0 Å². The lowest BCUT2D eigenvalue weighted by molar-refractivity contribution is -0.167. The number of carbonyl (C=O) groups excluding carboxylic acids is 3. The minimum Gasteiger partial charge on any atom is -0.462 e. The van der Waals surface area contributed by atoms with Gasteiger partial charge in [-0.05, 0) is 122 Å². The van der Waals surface area contributed by atoms with E-state index < -0.39 is 6.10 Å². The van der Waals surface area contributed by atoms with Crippen LogP contribution in [0.15, 0.2) is 109 Å². The van der Waals surface area contributed by atoms with Crippen molar-refractivity contribution in [1.29, 1.82) is 0 Å². The van der Waals surface area contributed by atoms with Crippen LogP contribution in [0, 0.1) is 0 Å². The minimum absolute atomic E-state index is 0.0921. The van der Waals surface area contributed by atoms with Gasteiger partial charge in [0.1, 0.15) is 13.2 Å². The highest BCUT2D eigenvalue weighted by Gasteiger charge is 2.19. The first kappa shape index (κ1) is 75.1. The van der Waals surface area contributed by atoms with Gasteiger partial charge in [-0.1, -0.05) is 284 Å². The fraction of sp³-hybridized carbons (Fsp3) is 0.712. The van der Waals surface area contributed by atoms with Gasteiger partial charge in [0.05, 0.1) is 0 Å². The number of allylic oxidation sites excluding steroid dienone is 18. The van der Waals surface area contributed by atoms with Crippen LogP contribution in [0.5, 0.6) is 0 Å². The Morgan fingerprint density at radius 3 is 0.785 bits per heavy atom. The van der Waals surface area contributed by atoms with Gasteiger partial charge in [-0.2, -0.15) is 0 Å². The molecule has 0 saturated heterocycles. The van der Waals surface area contributed by atoms with E-state index in [0.717, 1.165) is 135 Å². The fourth-order valence-electron chi connectivity index (χ4n) is 9.30. The molecule has 0 radical (unpaired) electrons. The van der Waals surface area contributed by atoms with E-state index in [1.165, 1.54) is 141 Å². The Bertz CT molecular complexity index is 1590. The molecule has 6 nitrogen and oxygen atoms in total. The second-order valence-electron chi connectivity index (χ2n) is 22.0. The van der Waals surface area contributed by atoms with Crippen molar-refractivity contribution in [2.45, 2.75) is 322 Å². The number of rotatable bonds is 60. The van der Waals surface area contributed by atoms with Gasteiger partial charge in [0.15, 0.2) is 6.10 Å². The molecule has 0 rings (SSSR count). The summed E-state index contributed by atoms with van der Waals surface area (Å²) in [5.74, 6) is -0.922. The smallest absolute Gasteiger partial charge is 0.306 e. The molecule has 0 aromatic carbocycles. The van der Waals surface area contributed by atoms with Crippen LogP contribution in [0.3, 0.4) is 0 Å². The molecule has 0 aromatic rings. The summed E-state index contributed by atoms with van der Waals surface area (Å²) in [5, 5.41) is 0. The standard InChI is InChI=1S/C73H124O6/c1-4-7-10-13-16-19-22-25-28-31-33-34-35-36-37-38-40-42-45-48-51-54-57-60-63-66-72(75)78-69-70(68-77-71(74)65-62-59-56-53-50-47-44-41-30-27-24-21-18-15-12-9-6-3)79-73(76)67-64-61-58-55-52-49-46-43-39-32-29-26-23-20-17-14-11-8-5-2/h8-9,11-12,17-18,20-21,26-27,29-31,33,39,43-44,47,70H,4-7,10,13-16,19,22-25,28,32,34-38,40-42,45-46,48-69H2,1-3H3/b11-8-,12-9-,20-17-,21-18-,29-26-,30-27-,33-31-,43-39-,47-44-. The van der Waals surface area contributed by atoms with Crippen molar-refractivity contribution in [3.8, 4) is 0 Å². The van der Waals surface area contributed by atoms with Crippen LogP contribution in [-0.2, 0) is 28.6 Å². The van der Waals surface area contributed by atoms with Crippen molar-refractivity contribution in [3.05, 3.63) is 109 Å². The fourth-order valence-corrected chi connectivity index (χ4v) is 9.30. The van der Waals surface area contributed by atoms with Crippen molar-refractivity contribution < 1.29 is 28.6 Å². The Morgan fingerprint density at radius 2 is 0.494 bits per heavy atom. The first-order valence-corrected chi connectivity index (χ1v) is 33.4. The Hall–Kier alpha value is -3.93. The highest BCUT2D eigenvalue weighted by molar-refractivity contribution is 5.71. The summed E-state index contributed by atoms with van der Waals surface area (Å²) in [6.07, 6.45) is 91.0. The molecule has 1 atom stereocenters. The van der Waals surface area contributed by atoms with E-state index in [0.29, 0.717) is 19.3 Å². The zero-order valence-corrected chi connectivity index (χ0v) is 51.9. The molecule has 0 N–H and O–H groups in total. The molecule has 0 aromatic heterocycles. The van der Waals surface area contributed by atoms with Crippen molar-refractivity contribution in [2.24, 2.45) is 0 Å². The summed E-state index contributed by atoms with van der Waals surface area (Å²) < 4.78 is 16.9. The van der Waals surface area contributed by atoms with Crippen LogP contribution in [-0.4, -0.2) is 37.2 Å². The molecule has 0 aliphatic rings. The molecule has 0 spiro atoms. The minimum atomic E-state index is -0.800. The third-order valence-corrected chi connectivity index (χ3v) is 14.2. The topological polar surface area (TPSA) is 78.9 Å². The first-order valence-electron chi connectivity index (χ1n) is 33.4. The lowest BCUT2D eigenvalue weighted by Gasteiger charge is -2.18. The zero-order chi connectivity index (χ0) is 57.1. The van der Waals surface area contributed by atoms with Crippen LogP contribution in [0.25, 0.3) is 0 Å². The van der Waals surface area contributed by atoms with Gasteiger partial charge in [0.2, 0.25) is 0 Å². The van der Waals surface area contributed by atoms with Crippen LogP contribution in [0.4, 0.5) is 0 Å². The molecule has 79 heavy (non-hydrogen) atoms.